The Morgan fingerprint density at radius 3 is 2.70 bits per heavy atom. The zero-order valence-electron chi connectivity index (χ0n) is 12.3. The van der Waals surface area contributed by atoms with E-state index in [0.29, 0.717) is 25.4 Å². The highest BCUT2D eigenvalue weighted by atomic mass is 32.2. The molecule has 7 heteroatoms. The van der Waals surface area contributed by atoms with Gasteiger partial charge in [0.1, 0.15) is 10.7 Å². The van der Waals surface area contributed by atoms with Crippen molar-refractivity contribution >= 4 is 15.8 Å². The number of hydrogen-bond donors (Lipinski definition) is 1. The molecule has 0 saturated heterocycles. The van der Waals surface area contributed by atoms with Crippen LogP contribution in [0.4, 0.5) is 5.82 Å². The van der Waals surface area contributed by atoms with Gasteiger partial charge in [-0.25, -0.2) is 17.7 Å². The molecule has 0 aliphatic carbocycles. The predicted octanol–water partition coefficient (Wildman–Crippen LogP) is 1.56. The molecule has 1 rings (SSSR count). The summed E-state index contributed by atoms with van der Waals surface area (Å²) in [6, 6.07) is 3.26. The Labute approximate surface area is 121 Å². The summed E-state index contributed by atoms with van der Waals surface area (Å²) in [5, 5.41) is 3.11. The lowest BCUT2D eigenvalue weighted by atomic mass is 10.4. The van der Waals surface area contributed by atoms with Gasteiger partial charge >= 0.3 is 0 Å². The smallest absolute Gasteiger partial charge is 0.244 e. The lowest BCUT2D eigenvalue weighted by Gasteiger charge is -2.17. The van der Waals surface area contributed by atoms with Gasteiger partial charge in [-0.15, -0.1) is 0 Å². The minimum absolute atomic E-state index is 0.208. The molecule has 1 N–H and O–H groups in total. The average Bonchev–Trinajstić information content (AvgIpc) is 2.45. The fraction of sp³-hybridized carbons (Fsp3) is 0.615. The van der Waals surface area contributed by atoms with E-state index in [1.807, 2.05) is 0 Å². The van der Waals surface area contributed by atoms with Gasteiger partial charge < -0.3 is 10.1 Å². The Morgan fingerprint density at radius 1 is 1.40 bits per heavy atom. The lowest BCUT2D eigenvalue weighted by molar-refractivity contribution is 0.189. The molecule has 1 aromatic heterocycles. The van der Waals surface area contributed by atoms with E-state index in [-0.39, 0.29) is 4.90 Å². The van der Waals surface area contributed by atoms with Crippen LogP contribution in [0.25, 0.3) is 0 Å². The SMILES string of the molecule is CCCNc1ccc(S(=O)(=O)N(C)CCCOC)cn1. The summed E-state index contributed by atoms with van der Waals surface area (Å²) in [7, 11) is -0.308. The molecule has 1 aromatic rings. The standard InChI is InChI=1S/C13H23N3O3S/c1-4-8-14-13-7-6-12(11-15-13)20(17,18)16(2)9-5-10-19-3/h6-7,11H,4-5,8-10H2,1-3H3,(H,14,15). The zero-order chi connectivity index (χ0) is 15.0. The summed E-state index contributed by atoms with van der Waals surface area (Å²) in [5.74, 6) is 0.688. The number of ether oxygens (including phenoxy) is 1. The molecule has 0 bridgehead atoms. The quantitative estimate of drug-likeness (QED) is 0.701. The van der Waals surface area contributed by atoms with Crippen LogP contribution >= 0.6 is 0 Å². The molecule has 0 fully saturated rings. The molecule has 0 aliphatic heterocycles. The maximum atomic E-state index is 12.3. The molecule has 0 amide bonds. The van der Waals surface area contributed by atoms with E-state index in [0.717, 1.165) is 13.0 Å². The highest BCUT2D eigenvalue weighted by Crippen LogP contribution is 2.15. The van der Waals surface area contributed by atoms with Gasteiger partial charge in [-0.05, 0) is 25.0 Å². The summed E-state index contributed by atoms with van der Waals surface area (Å²) in [5.41, 5.74) is 0. The van der Waals surface area contributed by atoms with Crippen LogP contribution in [0.3, 0.4) is 0 Å². The number of methoxy groups -OCH3 is 1. The van der Waals surface area contributed by atoms with Crippen molar-refractivity contribution in [1.29, 1.82) is 0 Å². The second-order valence-electron chi connectivity index (χ2n) is 4.48. The van der Waals surface area contributed by atoms with Crippen molar-refractivity contribution < 1.29 is 13.2 Å². The van der Waals surface area contributed by atoms with Crippen LogP contribution in [-0.2, 0) is 14.8 Å². The fourth-order valence-electron chi connectivity index (χ4n) is 1.62. The molecule has 6 nitrogen and oxygen atoms in total. The van der Waals surface area contributed by atoms with Gasteiger partial charge in [-0.3, -0.25) is 0 Å². The van der Waals surface area contributed by atoms with E-state index < -0.39 is 10.0 Å². The van der Waals surface area contributed by atoms with Crippen LogP contribution in [0.15, 0.2) is 23.2 Å². The predicted molar refractivity (Wildman–Crippen MR) is 79.3 cm³/mol. The zero-order valence-corrected chi connectivity index (χ0v) is 13.1. The van der Waals surface area contributed by atoms with Crippen molar-refractivity contribution in [1.82, 2.24) is 9.29 Å². The second-order valence-corrected chi connectivity index (χ2v) is 6.52. The number of rotatable bonds is 9. The number of aromatic nitrogens is 1. The van der Waals surface area contributed by atoms with Crippen LogP contribution < -0.4 is 5.32 Å². The van der Waals surface area contributed by atoms with Crippen molar-refractivity contribution in [3.8, 4) is 0 Å². The first kappa shape index (κ1) is 16.9. The first-order chi connectivity index (χ1) is 9.52. The largest absolute Gasteiger partial charge is 0.385 e. The first-order valence-corrected chi connectivity index (χ1v) is 8.11. The number of nitrogens with zero attached hydrogens (tertiary/aromatic N) is 2. The van der Waals surface area contributed by atoms with E-state index in [1.54, 1.807) is 26.3 Å². The Bertz CT molecular complexity index is 488. The molecule has 20 heavy (non-hydrogen) atoms. The maximum Gasteiger partial charge on any atom is 0.244 e. The van der Waals surface area contributed by atoms with Gasteiger partial charge in [0.05, 0.1) is 0 Å². The summed E-state index contributed by atoms with van der Waals surface area (Å²) < 4.78 is 30.8. The average molecular weight is 301 g/mol. The molecule has 0 radical (unpaired) electrons. The highest BCUT2D eigenvalue weighted by molar-refractivity contribution is 7.89. The van der Waals surface area contributed by atoms with Gasteiger partial charge in [0.25, 0.3) is 0 Å². The van der Waals surface area contributed by atoms with Crippen LogP contribution in [0.1, 0.15) is 19.8 Å². The van der Waals surface area contributed by atoms with Crippen molar-refractivity contribution in [2.45, 2.75) is 24.7 Å². The normalized spacial score (nSPS) is 11.8. The minimum Gasteiger partial charge on any atom is -0.385 e. The van der Waals surface area contributed by atoms with Crippen molar-refractivity contribution in [3.63, 3.8) is 0 Å². The third kappa shape index (κ3) is 4.73. The molecular formula is C13H23N3O3S. The summed E-state index contributed by atoms with van der Waals surface area (Å²) in [6.07, 6.45) is 3.04. The molecule has 0 aromatic carbocycles. The lowest BCUT2D eigenvalue weighted by Crippen LogP contribution is -2.28. The Balaban J connectivity index is 2.71. The van der Waals surface area contributed by atoms with Crippen LogP contribution in [0, 0.1) is 0 Å². The van der Waals surface area contributed by atoms with Crippen molar-refractivity contribution in [2.75, 3.05) is 39.2 Å². The van der Waals surface area contributed by atoms with Crippen molar-refractivity contribution in [3.05, 3.63) is 18.3 Å². The number of anilines is 1. The Morgan fingerprint density at radius 2 is 2.15 bits per heavy atom. The Hall–Kier alpha value is -1.18. The highest BCUT2D eigenvalue weighted by Gasteiger charge is 2.20. The number of sulfonamides is 1. The summed E-state index contributed by atoms with van der Waals surface area (Å²) >= 11 is 0. The minimum atomic E-state index is -3.47. The van der Waals surface area contributed by atoms with E-state index >= 15 is 0 Å². The maximum absolute atomic E-state index is 12.3. The molecule has 0 atom stereocenters. The summed E-state index contributed by atoms with van der Waals surface area (Å²) in [4.78, 5) is 4.33. The third-order valence-electron chi connectivity index (χ3n) is 2.82. The number of hydrogen-bond acceptors (Lipinski definition) is 5. The Kier molecular flexibility index (Phi) is 6.90. The van der Waals surface area contributed by atoms with Crippen LogP contribution in [-0.4, -0.2) is 51.6 Å². The molecule has 0 spiro atoms. The first-order valence-electron chi connectivity index (χ1n) is 6.67. The summed E-state index contributed by atoms with van der Waals surface area (Å²) in [6.45, 7) is 3.83. The monoisotopic (exact) mass is 301 g/mol. The van der Waals surface area contributed by atoms with Gasteiger partial charge in [-0.1, -0.05) is 6.92 Å². The van der Waals surface area contributed by atoms with E-state index in [1.165, 1.54) is 10.5 Å². The molecule has 0 unspecified atom stereocenters. The molecule has 0 aliphatic rings. The fourth-order valence-corrected chi connectivity index (χ4v) is 2.78. The molecule has 0 saturated carbocycles. The van der Waals surface area contributed by atoms with Crippen molar-refractivity contribution in [2.24, 2.45) is 0 Å². The van der Waals surface area contributed by atoms with Gasteiger partial charge in [0, 0.05) is 40.1 Å². The van der Waals surface area contributed by atoms with Crippen LogP contribution in [0.5, 0.6) is 0 Å². The topological polar surface area (TPSA) is 71.5 Å². The van der Waals surface area contributed by atoms with Crippen LogP contribution in [0.2, 0.25) is 0 Å². The third-order valence-corrected chi connectivity index (χ3v) is 4.66. The van der Waals surface area contributed by atoms with Gasteiger partial charge in [-0.2, -0.15) is 0 Å². The molecular weight excluding hydrogens is 278 g/mol. The number of nitrogens with one attached hydrogen (secondary N) is 1. The van der Waals surface area contributed by atoms with E-state index in [9.17, 15) is 8.42 Å². The molecule has 1 heterocycles. The van der Waals surface area contributed by atoms with E-state index in [4.69, 9.17) is 4.74 Å². The van der Waals surface area contributed by atoms with Gasteiger partial charge in [0.15, 0.2) is 0 Å². The van der Waals surface area contributed by atoms with E-state index in [2.05, 4.69) is 17.2 Å². The van der Waals surface area contributed by atoms with Gasteiger partial charge in [0.2, 0.25) is 10.0 Å². The molecule has 114 valence electrons. The number of pyridine rings is 1. The second kappa shape index (κ2) is 8.18.